The number of benzene rings is 1. The van der Waals surface area contributed by atoms with Crippen molar-refractivity contribution < 1.29 is 9.18 Å². The number of carbonyl (C=O) groups is 1. The zero-order valence-corrected chi connectivity index (χ0v) is 14.1. The van der Waals surface area contributed by atoms with Gasteiger partial charge in [0.05, 0.1) is 5.75 Å². The second-order valence-corrected chi connectivity index (χ2v) is 6.11. The van der Waals surface area contributed by atoms with E-state index in [1.54, 1.807) is 24.5 Å². The molecule has 0 amide bonds. The number of Topliss-reactive ketones (excluding diaryl/α,β-unsaturated/α-hetero) is 1. The summed E-state index contributed by atoms with van der Waals surface area (Å²) >= 11 is 1.27. The van der Waals surface area contributed by atoms with Gasteiger partial charge in [-0.15, -0.1) is 16.8 Å². The van der Waals surface area contributed by atoms with Crippen LogP contribution in [0.2, 0.25) is 0 Å². The minimum atomic E-state index is -0.425. The number of carbonyl (C=O) groups excluding carboxylic acids is 1. The number of hydrogen-bond acceptors (Lipinski definition) is 5. The molecule has 1 aromatic carbocycles. The third kappa shape index (κ3) is 4.00. The van der Waals surface area contributed by atoms with Gasteiger partial charge in [0, 0.05) is 30.1 Å². The summed E-state index contributed by atoms with van der Waals surface area (Å²) < 4.78 is 15.1. The van der Waals surface area contributed by atoms with Crippen LogP contribution in [-0.4, -0.2) is 31.3 Å². The van der Waals surface area contributed by atoms with Crippen LogP contribution in [0.3, 0.4) is 0 Å². The second-order valence-electron chi connectivity index (χ2n) is 5.16. The number of nitrogens with zero attached hydrogens (tertiary/aromatic N) is 4. The minimum absolute atomic E-state index is 0.148. The Morgan fingerprint density at radius 2 is 2.04 bits per heavy atom. The van der Waals surface area contributed by atoms with E-state index in [1.807, 2.05) is 16.7 Å². The fourth-order valence-corrected chi connectivity index (χ4v) is 3.12. The fraction of sp³-hybridized carbons (Fsp3) is 0.111. The van der Waals surface area contributed by atoms with Crippen molar-refractivity contribution in [2.24, 2.45) is 0 Å². The van der Waals surface area contributed by atoms with Crippen molar-refractivity contribution in [3.63, 3.8) is 0 Å². The van der Waals surface area contributed by atoms with E-state index in [0.717, 1.165) is 5.56 Å². The first-order chi connectivity index (χ1) is 12.2. The summed E-state index contributed by atoms with van der Waals surface area (Å²) in [5.41, 5.74) is 1.23. The Morgan fingerprint density at radius 3 is 2.76 bits per heavy atom. The third-order valence-corrected chi connectivity index (χ3v) is 4.41. The van der Waals surface area contributed by atoms with Crippen molar-refractivity contribution in [2.45, 2.75) is 11.7 Å². The molecule has 0 saturated carbocycles. The van der Waals surface area contributed by atoms with Gasteiger partial charge in [-0.2, -0.15) is 0 Å². The predicted molar refractivity (Wildman–Crippen MR) is 94.9 cm³/mol. The van der Waals surface area contributed by atoms with Crippen LogP contribution in [0.1, 0.15) is 10.4 Å². The van der Waals surface area contributed by atoms with E-state index < -0.39 is 5.82 Å². The van der Waals surface area contributed by atoms with Gasteiger partial charge in [-0.1, -0.05) is 30.0 Å². The van der Waals surface area contributed by atoms with Crippen LogP contribution in [0.25, 0.3) is 11.4 Å². The van der Waals surface area contributed by atoms with E-state index in [0.29, 0.717) is 23.1 Å². The topological polar surface area (TPSA) is 60.7 Å². The number of pyridine rings is 1. The van der Waals surface area contributed by atoms with Gasteiger partial charge in [0.1, 0.15) is 5.82 Å². The molecule has 0 atom stereocenters. The van der Waals surface area contributed by atoms with Gasteiger partial charge >= 0.3 is 0 Å². The zero-order chi connectivity index (χ0) is 17.6. The van der Waals surface area contributed by atoms with Crippen molar-refractivity contribution in [2.75, 3.05) is 5.75 Å². The lowest BCUT2D eigenvalue weighted by Crippen LogP contribution is -2.05. The highest BCUT2D eigenvalue weighted by Gasteiger charge is 2.15. The van der Waals surface area contributed by atoms with E-state index in [-0.39, 0.29) is 11.5 Å². The molecule has 0 aliphatic rings. The Labute approximate surface area is 148 Å². The molecule has 2 aromatic heterocycles. The molecular formula is C18H15FN4OS. The molecule has 3 aromatic rings. The zero-order valence-electron chi connectivity index (χ0n) is 13.3. The number of aromatic nitrogens is 4. The molecule has 0 saturated heterocycles. The summed E-state index contributed by atoms with van der Waals surface area (Å²) in [5.74, 6) is 0.242. The third-order valence-electron chi connectivity index (χ3n) is 3.45. The largest absolute Gasteiger partial charge is 0.298 e. The highest BCUT2D eigenvalue weighted by Crippen LogP contribution is 2.24. The first-order valence-corrected chi connectivity index (χ1v) is 8.53. The number of thioether (sulfide) groups is 1. The van der Waals surface area contributed by atoms with Crippen LogP contribution < -0.4 is 0 Å². The van der Waals surface area contributed by atoms with Gasteiger partial charge in [0.15, 0.2) is 16.8 Å². The summed E-state index contributed by atoms with van der Waals surface area (Å²) in [6.45, 7) is 4.27. The average molecular weight is 354 g/mol. The highest BCUT2D eigenvalue weighted by molar-refractivity contribution is 7.99. The molecule has 0 bridgehead atoms. The van der Waals surface area contributed by atoms with Crippen molar-refractivity contribution in [3.05, 3.63) is 72.8 Å². The molecule has 3 rings (SSSR count). The summed E-state index contributed by atoms with van der Waals surface area (Å²) in [6.07, 6.45) is 5.11. The van der Waals surface area contributed by atoms with Crippen LogP contribution in [0.5, 0.6) is 0 Å². The van der Waals surface area contributed by atoms with Gasteiger partial charge in [0.25, 0.3) is 0 Å². The van der Waals surface area contributed by atoms with E-state index in [1.165, 1.54) is 30.0 Å². The highest BCUT2D eigenvalue weighted by atomic mass is 32.2. The van der Waals surface area contributed by atoms with Gasteiger partial charge in [-0.3, -0.25) is 14.3 Å². The molecule has 0 N–H and O–H groups in total. The van der Waals surface area contributed by atoms with Gasteiger partial charge < -0.3 is 0 Å². The molecule has 2 heterocycles. The predicted octanol–water partition coefficient (Wildman–Crippen LogP) is 3.64. The Bertz CT molecular complexity index is 895. The molecule has 0 fully saturated rings. The lowest BCUT2D eigenvalue weighted by atomic mass is 10.1. The molecule has 5 nitrogen and oxygen atoms in total. The van der Waals surface area contributed by atoms with Crippen molar-refractivity contribution in [1.82, 2.24) is 19.7 Å². The normalized spacial score (nSPS) is 10.6. The summed E-state index contributed by atoms with van der Waals surface area (Å²) in [5, 5.41) is 9.00. The molecule has 0 aliphatic carbocycles. The fourth-order valence-electron chi connectivity index (χ4n) is 2.28. The van der Waals surface area contributed by atoms with Crippen LogP contribution in [0.15, 0.2) is 66.6 Å². The number of rotatable bonds is 7. The number of halogens is 1. The Hall–Kier alpha value is -2.80. The molecule has 7 heteroatoms. The van der Waals surface area contributed by atoms with Crippen molar-refractivity contribution in [1.29, 1.82) is 0 Å². The van der Waals surface area contributed by atoms with Crippen LogP contribution in [0.4, 0.5) is 4.39 Å². The first-order valence-electron chi connectivity index (χ1n) is 7.55. The maximum absolute atomic E-state index is 13.2. The summed E-state index contributed by atoms with van der Waals surface area (Å²) in [4.78, 5) is 16.2. The Morgan fingerprint density at radius 1 is 1.24 bits per heavy atom. The SMILES string of the molecule is C=CCn1c(SCC(=O)c2cccc(F)c2)nnc1-c1ccncc1. The number of hydrogen-bond donors (Lipinski definition) is 0. The molecule has 0 aliphatic heterocycles. The molecule has 0 unspecified atom stereocenters. The van der Waals surface area contributed by atoms with Crippen LogP contribution in [-0.2, 0) is 6.54 Å². The second kappa shape index (κ2) is 7.85. The van der Waals surface area contributed by atoms with Gasteiger partial charge in [0.2, 0.25) is 0 Å². The van der Waals surface area contributed by atoms with E-state index in [9.17, 15) is 9.18 Å². The Kier molecular flexibility index (Phi) is 5.35. The van der Waals surface area contributed by atoms with Crippen LogP contribution in [0, 0.1) is 5.82 Å². The lowest BCUT2D eigenvalue weighted by Gasteiger charge is -2.07. The average Bonchev–Trinajstić information content (AvgIpc) is 3.03. The smallest absolute Gasteiger partial charge is 0.192 e. The Balaban J connectivity index is 1.80. The van der Waals surface area contributed by atoms with Crippen molar-refractivity contribution in [3.8, 4) is 11.4 Å². The van der Waals surface area contributed by atoms with Crippen LogP contribution >= 0.6 is 11.8 Å². The lowest BCUT2D eigenvalue weighted by molar-refractivity contribution is 0.102. The summed E-state index contributed by atoms with van der Waals surface area (Å²) in [6, 6.07) is 9.36. The van der Waals surface area contributed by atoms with Gasteiger partial charge in [-0.25, -0.2) is 4.39 Å². The molecule has 25 heavy (non-hydrogen) atoms. The maximum atomic E-state index is 13.2. The molecule has 0 radical (unpaired) electrons. The molecular weight excluding hydrogens is 339 g/mol. The van der Waals surface area contributed by atoms with E-state index in [2.05, 4.69) is 21.8 Å². The van der Waals surface area contributed by atoms with Gasteiger partial charge in [-0.05, 0) is 24.3 Å². The van der Waals surface area contributed by atoms with Crippen molar-refractivity contribution >= 4 is 17.5 Å². The standard InChI is InChI=1S/C18H15FN4OS/c1-2-10-23-17(13-6-8-20-9-7-13)21-22-18(23)25-12-16(24)14-4-3-5-15(19)11-14/h2-9,11H,1,10,12H2. The maximum Gasteiger partial charge on any atom is 0.192 e. The minimum Gasteiger partial charge on any atom is -0.298 e. The molecule has 126 valence electrons. The van der Waals surface area contributed by atoms with E-state index >= 15 is 0 Å². The van der Waals surface area contributed by atoms with E-state index in [4.69, 9.17) is 0 Å². The monoisotopic (exact) mass is 354 g/mol. The number of allylic oxidation sites excluding steroid dienone is 1. The number of ketones is 1. The first kappa shape index (κ1) is 17.0. The quantitative estimate of drug-likeness (QED) is 0.368. The molecule has 0 spiro atoms. The summed E-state index contributed by atoms with van der Waals surface area (Å²) in [7, 11) is 0.